The van der Waals surface area contributed by atoms with E-state index in [9.17, 15) is 4.79 Å². The number of carbonyl (C=O) groups excluding carboxylic acids is 1. The molecule has 2 atom stereocenters. The minimum Gasteiger partial charge on any atom is -0.352 e. The maximum atomic E-state index is 12.1. The fraction of sp³-hybridized carbons (Fsp3) is 0.667. The lowest BCUT2D eigenvalue weighted by Crippen LogP contribution is -2.41. The first-order valence-electron chi connectivity index (χ1n) is 7.57. The molecule has 0 bridgehead atoms. The number of aromatic nitrogens is 2. The van der Waals surface area contributed by atoms with Crippen molar-refractivity contribution < 1.29 is 4.79 Å². The number of nitrogens with one attached hydrogen (secondary N) is 1. The molecule has 2 rings (SSSR count). The summed E-state index contributed by atoms with van der Waals surface area (Å²) in [5.41, 5.74) is 1.12. The summed E-state index contributed by atoms with van der Waals surface area (Å²) >= 11 is 4.66. The van der Waals surface area contributed by atoms with Crippen LogP contribution in [-0.2, 0) is 4.79 Å². The van der Waals surface area contributed by atoms with Crippen LogP contribution in [0.2, 0.25) is 0 Å². The highest BCUT2D eigenvalue weighted by atomic mass is 32.2. The molecule has 0 aromatic carbocycles. The van der Waals surface area contributed by atoms with Gasteiger partial charge in [-0.15, -0.1) is 10.2 Å². The van der Waals surface area contributed by atoms with Crippen LogP contribution >= 0.6 is 34.9 Å². The van der Waals surface area contributed by atoms with E-state index in [1.807, 2.05) is 6.92 Å². The second-order valence-corrected chi connectivity index (χ2v) is 9.23. The predicted molar refractivity (Wildman–Crippen MR) is 95.7 cm³/mol. The first-order chi connectivity index (χ1) is 10.5. The third kappa shape index (κ3) is 5.93. The van der Waals surface area contributed by atoms with Gasteiger partial charge in [0.1, 0.15) is 0 Å². The van der Waals surface area contributed by atoms with Crippen molar-refractivity contribution in [1.29, 1.82) is 0 Å². The normalized spacial score (nSPS) is 21.5. The fourth-order valence-corrected chi connectivity index (χ4v) is 5.08. The SMILES string of the molecule is C=C(C)CSc1nnc(SCC(=O)N[C@H]2CCCC[C@H]2C)s1. The van der Waals surface area contributed by atoms with E-state index in [-0.39, 0.29) is 5.91 Å². The number of hydrogen-bond acceptors (Lipinski definition) is 6. The molecule has 0 saturated heterocycles. The molecule has 1 aliphatic carbocycles. The standard InChI is InChI=1S/C15H23N3OS3/c1-10(2)8-20-14-17-18-15(22-14)21-9-13(19)16-12-7-5-4-6-11(12)3/h11-12H,1,4-9H2,2-3H3,(H,16,19)/t11-,12+/m1/s1. The van der Waals surface area contributed by atoms with Gasteiger partial charge in [0.15, 0.2) is 8.68 Å². The lowest BCUT2D eigenvalue weighted by atomic mass is 9.86. The summed E-state index contributed by atoms with van der Waals surface area (Å²) in [6.45, 7) is 8.11. The van der Waals surface area contributed by atoms with Gasteiger partial charge in [-0.25, -0.2) is 0 Å². The predicted octanol–water partition coefficient (Wildman–Crippen LogP) is 3.99. The summed E-state index contributed by atoms with van der Waals surface area (Å²) in [5, 5.41) is 11.4. The fourth-order valence-electron chi connectivity index (χ4n) is 2.41. The zero-order valence-electron chi connectivity index (χ0n) is 13.1. The maximum Gasteiger partial charge on any atom is 0.230 e. The first kappa shape index (κ1) is 17.8. The van der Waals surface area contributed by atoms with E-state index in [4.69, 9.17) is 0 Å². The first-order valence-corrected chi connectivity index (χ1v) is 10.4. The van der Waals surface area contributed by atoms with Crippen molar-refractivity contribution in [3.05, 3.63) is 12.2 Å². The van der Waals surface area contributed by atoms with E-state index in [0.29, 0.717) is 17.7 Å². The number of thioether (sulfide) groups is 2. The van der Waals surface area contributed by atoms with Crippen LogP contribution in [0, 0.1) is 5.92 Å². The molecular weight excluding hydrogens is 334 g/mol. The Bertz CT molecular complexity index is 518. The van der Waals surface area contributed by atoms with Gasteiger partial charge in [-0.3, -0.25) is 4.79 Å². The molecule has 0 radical (unpaired) electrons. The average molecular weight is 358 g/mol. The van der Waals surface area contributed by atoms with Crippen LogP contribution in [0.5, 0.6) is 0 Å². The van der Waals surface area contributed by atoms with Crippen molar-refractivity contribution in [2.75, 3.05) is 11.5 Å². The highest BCUT2D eigenvalue weighted by molar-refractivity contribution is 8.03. The Labute approximate surface area is 144 Å². The molecule has 122 valence electrons. The molecule has 1 amide bonds. The van der Waals surface area contributed by atoms with Crippen molar-refractivity contribution in [1.82, 2.24) is 15.5 Å². The highest BCUT2D eigenvalue weighted by Gasteiger charge is 2.22. The quantitative estimate of drug-likeness (QED) is 0.590. The van der Waals surface area contributed by atoms with E-state index in [0.717, 1.165) is 26.4 Å². The van der Waals surface area contributed by atoms with Gasteiger partial charge in [0.05, 0.1) is 5.75 Å². The number of carbonyl (C=O) groups is 1. The van der Waals surface area contributed by atoms with Gasteiger partial charge in [0, 0.05) is 11.8 Å². The van der Waals surface area contributed by atoms with Gasteiger partial charge in [-0.1, -0.05) is 66.8 Å². The largest absolute Gasteiger partial charge is 0.352 e. The van der Waals surface area contributed by atoms with Crippen molar-refractivity contribution in [2.45, 2.75) is 54.3 Å². The third-order valence-electron chi connectivity index (χ3n) is 3.61. The Morgan fingerprint density at radius 3 is 2.55 bits per heavy atom. The summed E-state index contributed by atoms with van der Waals surface area (Å²) in [6.07, 6.45) is 4.84. The van der Waals surface area contributed by atoms with Gasteiger partial charge < -0.3 is 5.32 Å². The average Bonchev–Trinajstić information content (AvgIpc) is 2.93. The summed E-state index contributed by atoms with van der Waals surface area (Å²) in [7, 11) is 0. The van der Waals surface area contributed by atoms with E-state index >= 15 is 0 Å². The van der Waals surface area contributed by atoms with Crippen LogP contribution in [0.1, 0.15) is 39.5 Å². The van der Waals surface area contributed by atoms with Crippen molar-refractivity contribution >= 4 is 40.8 Å². The van der Waals surface area contributed by atoms with E-state index in [1.165, 1.54) is 31.0 Å². The van der Waals surface area contributed by atoms with Gasteiger partial charge >= 0.3 is 0 Å². The van der Waals surface area contributed by atoms with E-state index in [2.05, 4.69) is 29.0 Å². The Balaban J connectivity index is 1.72. The second-order valence-electron chi connectivity index (χ2n) is 5.80. The molecule has 1 fully saturated rings. The Kier molecular flexibility index (Phi) is 7.24. The van der Waals surface area contributed by atoms with Crippen LogP contribution in [0.25, 0.3) is 0 Å². The molecule has 22 heavy (non-hydrogen) atoms. The van der Waals surface area contributed by atoms with E-state index < -0.39 is 0 Å². The zero-order chi connectivity index (χ0) is 15.9. The van der Waals surface area contributed by atoms with E-state index in [1.54, 1.807) is 23.1 Å². The molecule has 7 heteroatoms. The number of hydrogen-bond donors (Lipinski definition) is 1. The van der Waals surface area contributed by atoms with Gasteiger partial charge in [-0.2, -0.15) is 0 Å². The third-order valence-corrected chi connectivity index (χ3v) is 7.04. The zero-order valence-corrected chi connectivity index (χ0v) is 15.6. The summed E-state index contributed by atoms with van der Waals surface area (Å²) in [6, 6.07) is 0.345. The molecule has 0 spiro atoms. The molecule has 0 unspecified atom stereocenters. The smallest absolute Gasteiger partial charge is 0.230 e. The molecule has 0 aliphatic heterocycles. The molecule has 1 aromatic heterocycles. The summed E-state index contributed by atoms with van der Waals surface area (Å²) in [5.74, 6) is 1.98. The number of nitrogens with zero attached hydrogens (tertiary/aromatic N) is 2. The topological polar surface area (TPSA) is 54.9 Å². The van der Waals surface area contributed by atoms with Crippen molar-refractivity contribution in [3.63, 3.8) is 0 Å². The highest BCUT2D eigenvalue weighted by Crippen LogP contribution is 2.29. The number of amides is 1. The second kappa shape index (κ2) is 8.93. The Hall–Kier alpha value is -0.530. The molecule has 1 N–H and O–H groups in total. The number of rotatable bonds is 7. The molecule has 1 heterocycles. The van der Waals surface area contributed by atoms with Gasteiger partial charge in [-0.05, 0) is 25.7 Å². The van der Waals surface area contributed by atoms with Crippen LogP contribution in [0.15, 0.2) is 20.8 Å². The minimum atomic E-state index is 0.107. The lowest BCUT2D eigenvalue weighted by molar-refractivity contribution is -0.119. The maximum absolute atomic E-state index is 12.1. The Morgan fingerprint density at radius 1 is 1.27 bits per heavy atom. The molecular formula is C15H23N3OS3. The molecule has 1 saturated carbocycles. The van der Waals surface area contributed by atoms with Crippen LogP contribution in [0.3, 0.4) is 0 Å². The van der Waals surface area contributed by atoms with Crippen LogP contribution in [-0.4, -0.2) is 33.7 Å². The van der Waals surface area contributed by atoms with Crippen molar-refractivity contribution in [3.8, 4) is 0 Å². The molecule has 1 aromatic rings. The summed E-state index contributed by atoms with van der Waals surface area (Å²) in [4.78, 5) is 12.1. The lowest BCUT2D eigenvalue weighted by Gasteiger charge is -2.29. The van der Waals surface area contributed by atoms with Gasteiger partial charge in [0.25, 0.3) is 0 Å². The van der Waals surface area contributed by atoms with Crippen molar-refractivity contribution in [2.24, 2.45) is 5.92 Å². The van der Waals surface area contributed by atoms with Crippen LogP contribution in [0.4, 0.5) is 0 Å². The molecule has 1 aliphatic rings. The Morgan fingerprint density at radius 2 is 1.91 bits per heavy atom. The monoisotopic (exact) mass is 357 g/mol. The minimum absolute atomic E-state index is 0.107. The molecule has 4 nitrogen and oxygen atoms in total. The summed E-state index contributed by atoms with van der Waals surface area (Å²) < 4.78 is 1.79. The van der Waals surface area contributed by atoms with Crippen LogP contribution < -0.4 is 5.32 Å². The van der Waals surface area contributed by atoms with Gasteiger partial charge in [0.2, 0.25) is 5.91 Å².